The molecule has 2 aromatic heterocycles. The number of carbonyl (C=O) groups excluding carboxylic acids is 1. The normalized spacial score (nSPS) is 15.7. The van der Waals surface area contributed by atoms with Gasteiger partial charge in [-0.1, -0.05) is 0 Å². The Balaban J connectivity index is 2.28. The van der Waals surface area contributed by atoms with Crippen LogP contribution in [0.4, 0.5) is 4.39 Å². The topological polar surface area (TPSA) is 34.4 Å². The molecule has 0 saturated carbocycles. The zero-order valence-corrected chi connectivity index (χ0v) is 8.03. The largest absolute Gasteiger partial charge is 0.299 e. The van der Waals surface area contributed by atoms with Crippen LogP contribution in [0.25, 0.3) is 5.52 Å². The third-order valence-corrected chi connectivity index (χ3v) is 2.79. The fraction of sp³-hybridized carbons (Fsp3) is 0.273. The van der Waals surface area contributed by atoms with Gasteiger partial charge in [-0.3, -0.25) is 4.79 Å². The molecule has 15 heavy (non-hydrogen) atoms. The molecule has 2 heterocycles. The quantitative estimate of drug-likeness (QED) is 0.652. The molecule has 2 aromatic rings. The summed E-state index contributed by atoms with van der Waals surface area (Å²) in [5.74, 6) is -0.0737. The van der Waals surface area contributed by atoms with E-state index < -0.39 is 0 Å². The number of halogens is 1. The second kappa shape index (κ2) is 2.89. The van der Waals surface area contributed by atoms with Gasteiger partial charge in [0.05, 0.1) is 17.4 Å². The summed E-state index contributed by atoms with van der Waals surface area (Å²) in [4.78, 5) is 11.3. The Kier molecular flexibility index (Phi) is 1.65. The number of ketones is 1. The first kappa shape index (κ1) is 8.59. The van der Waals surface area contributed by atoms with Crippen LogP contribution < -0.4 is 0 Å². The summed E-state index contributed by atoms with van der Waals surface area (Å²) >= 11 is 0. The zero-order chi connectivity index (χ0) is 10.4. The number of Topliss-reactive ketones (excluding diaryl/α,β-unsaturated/α-hetero) is 1. The number of aromatic nitrogens is 2. The van der Waals surface area contributed by atoms with E-state index in [0.29, 0.717) is 19.3 Å². The minimum absolute atomic E-state index is 0.238. The van der Waals surface area contributed by atoms with Crippen molar-refractivity contribution in [2.24, 2.45) is 0 Å². The van der Waals surface area contributed by atoms with Crippen LogP contribution in [0.5, 0.6) is 0 Å². The lowest BCUT2D eigenvalue weighted by Crippen LogP contribution is -2.11. The van der Waals surface area contributed by atoms with E-state index in [1.165, 1.54) is 16.8 Å². The highest BCUT2D eigenvalue weighted by Gasteiger charge is 2.21. The lowest BCUT2D eigenvalue weighted by Gasteiger charge is -2.07. The first-order chi connectivity index (χ1) is 7.24. The van der Waals surface area contributed by atoms with Crippen LogP contribution in [-0.4, -0.2) is 15.4 Å². The molecule has 0 aliphatic heterocycles. The Morgan fingerprint density at radius 1 is 1.33 bits per heavy atom. The second-order valence-electron chi connectivity index (χ2n) is 3.82. The van der Waals surface area contributed by atoms with Crippen molar-refractivity contribution in [1.29, 1.82) is 0 Å². The first-order valence-corrected chi connectivity index (χ1v) is 4.91. The van der Waals surface area contributed by atoms with Crippen molar-refractivity contribution in [1.82, 2.24) is 9.61 Å². The van der Waals surface area contributed by atoms with Crippen LogP contribution in [0.1, 0.15) is 17.7 Å². The standard InChI is InChI=1S/C11H9FN2O/c12-7-1-4-11-9-5-8(15)2-3-10(9)13-14(11)6-7/h1,4,6H,2-3,5H2. The van der Waals surface area contributed by atoms with Crippen LogP contribution in [0.2, 0.25) is 0 Å². The Morgan fingerprint density at radius 3 is 3.07 bits per heavy atom. The van der Waals surface area contributed by atoms with Crippen molar-refractivity contribution in [3.05, 3.63) is 35.4 Å². The molecule has 0 radical (unpaired) electrons. The summed E-state index contributed by atoms with van der Waals surface area (Å²) in [6.07, 6.45) is 3.01. The maximum absolute atomic E-state index is 13.0. The SMILES string of the molecule is O=C1CCc2nn3cc(F)ccc3c2C1. The molecular formula is C11H9FN2O. The lowest BCUT2D eigenvalue weighted by atomic mass is 9.96. The van der Waals surface area contributed by atoms with Crippen LogP contribution >= 0.6 is 0 Å². The number of nitrogens with zero attached hydrogens (tertiary/aromatic N) is 2. The Morgan fingerprint density at radius 2 is 2.20 bits per heavy atom. The third kappa shape index (κ3) is 1.25. The third-order valence-electron chi connectivity index (χ3n) is 2.79. The summed E-state index contributed by atoms with van der Waals surface area (Å²) < 4.78 is 14.5. The Hall–Kier alpha value is -1.71. The van der Waals surface area contributed by atoms with Crippen LogP contribution in [0.15, 0.2) is 18.3 Å². The van der Waals surface area contributed by atoms with Gasteiger partial charge in [-0.2, -0.15) is 5.10 Å². The van der Waals surface area contributed by atoms with Crippen molar-refractivity contribution in [3.8, 4) is 0 Å². The van der Waals surface area contributed by atoms with E-state index in [9.17, 15) is 9.18 Å². The Labute approximate surface area is 85.5 Å². The lowest BCUT2D eigenvalue weighted by molar-refractivity contribution is -0.118. The Bertz CT molecular complexity index is 559. The molecule has 76 valence electrons. The predicted octanol–water partition coefficient (Wildman–Crippen LogP) is 1.53. The molecule has 1 aliphatic carbocycles. The predicted molar refractivity (Wildman–Crippen MR) is 52.2 cm³/mol. The average molecular weight is 204 g/mol. The molecule has 0 spiro atoms. The van der Waals surface area contributed by atoms with Crippen molar-refractivity contribution < 1.29 is 9.18 Å². The van der Waals surface area contributed by atoms with E-state index in [-0.39, 0.29) is 11.6 Å². The van der Waals surface area contributed by atoms with Gasteiger partial charge >= 0.3 is 0 Å². The number of rotatable bonds is 0. The number of pyridine rings is 1. The van der Waals surface area contributed by atoms with E-state index in [0.717, 1.165) is 16.8 Å². The molecule has 1 aliphatic rings. The highest BCUT2D eigenvalue weighted by molar-refractivity contribution is 5.85. The summed E-state index contributed by atoms with van der Waals surface area (Å²) in [6, 6.07) is 3.08. The molecule has 0 atom stereocenters. The summed E-state index contributed by atoms with van der Waals surface area (Å²) in [7, 11) is 0. The molecule has 0 aromatic carbocycles. The molecule has 3 nitrogen and oxygen atoms in total. The molecular weight excluding hydrogens is 195 g/mol. The first-order valence-electron chi connectivity index (χ1n) is 4.91. The van der Waals surface area contributed by atoms with Gasteiger partial charge in [0.25, 0.3) is 0 Å². The number of fused-ring (bicyclic) bond motifs is 3. The summed E-state index contributed by atoms with van der Waals surface area (Å²) in [5.41, 5.74) is 2.74. The van der Waals surface area contributed by atoms with Gasteiger partial charge in [0, 0.05) is 18.4 Å². The van der Waals surface area contributed by atoms with E-state index in [4.69, 9.17) is 0 Å². The number of hydrogen-bond acceptors (Lipinski definition) is 2. The molecule has 0 unspecified atom stereocenters. The minimum Gasteiger partial charge on any atom is -0.299 e. The van der Waals surface area contributed by atoms with Gasteiger partial charge in [0.1, 0.15) is 11.6 Å². The van der Waals surface area contributed by atoms with Crippen molar-refractivity contribution >= 4 is 11.3 Å². The molecule has 0 saturated heterocycles. The van der Waals surface area contributed by atoms with Gasteiger partial charge in [0.2, 0.25) is 0 Å². The monoisotopic (exact) mass is 204 g/mol. The van der Waals surface area contributed by atoms with Crippen LogP contribution in [0, 0.1) is 5.82 Å². The molecule has 0 amide bonds. The molecule has 3 rings (SSSR count). The van der Waals surface area contributed by atoms with Crippen molar-refractivity contribution in [2.45, 2.75) is 19.3 Å². The van der Waals surface area contributed by atoms with E-state index in [2.05, 4.69) is 5.10 Å². The van der Waals surface area contributed by atoms with Crippen LogP contribution in [-0.2, 0) is 17.6 Å². The van der Waals surface area contributed by atoms with Gasteiger partial charge in [-0.15, -0.1) is 0 Å². The van der Waals surface area contributed by atoms with Gasteiger partial charge < -0.3 is 0 Å². The summed E-state index contributed by atoms with van der Waals surface area (Å²) in [6.45, 7) is 0. The minimum atomic E-state index is -0.311. The zero-order valence-electron chi connectivity index (χ0n) is 8.03. The second-order valence-corrected chi connectivity index (χ2v) is 3.82. The number of aryl methyl sites for hydroxylation is 1. The molecule has 4 heteroatoms. The molecule has 0 bridgehead atoms. The van der Waals surface area contributed by atoms with Gasteiger partial charge in [-0.05, 0) is 18.6 Å². The van der Waals surface area contributed by atoms with Crippen LogP contribution in [0.3, 0.4) is 0 Å². The van der Waals surface area contributed by atoms with Gasteiger partial charge in [-0.25, -0.2) is 8.91 Å². The molecule has 0 N–H and O–H groups in total. The maximum atomic E-state index is 13.0. The van der Waals surface area contributed by atoms with Gasteiger partial charge in [0.15, 0.2) is 0 Å². The number of hydrogen-bond donors (Lipinski definition) is 0. The van der Waals surface area contributed by atoms with Crippen molar-refractivity contribution in [2.75, 3.05) is 0 Å². The smallest absolute Gasteiger partial charge is 0.141 e. The fourth-order valence-corrected chi connectivity index (χ4v) is 2.06. The average Bonchev–Trinajstić information content (AvgIpc) is 2.54. The van der Waals surface area contributed by atoms with E-state index in [1.807, 2.05) is 0 Å². The highest BCUT2D eigenvalue weighted by Crippen LogP contribution is 2.23. The van der Waals surface area contributed by atoms with Crippen molar-refractivity contribution in [3.63, 3.8) is 0 Å². The highest BCUT2D eigenvalue weighted by atomic mass is 19.1. The van der Waals surface area contributed by atoms with E-state index >= 15 is 0 Å². The molecule has 0 fully saturated rings. The number of carbonyl (C=O) groups is 1. The maximum Gasteiger partial charge on any atom is 0.141 e. The summed E-state index contributed by atoms with van der Waals surface area (Å²) in [5, 5.41) is 4.27. The fourth-order valence-electron chi connectivity index (χ4n) is 2.06. The van der Waals surface area contributed by atoms with E-state index in [1.54, 1.807) is 6.07 Å².